The first-order chi connectivity index (χ1) is 11.1. The van der Waals surface area contributed by atoms with Crippen LogP contribution in [0.2, 0.25) is 0 Å². The highest BCUT2D eigenvalue weighted by Gasteiger charge is 2.19. The van der Waals surface area contributed by atoms with Crippen LogP contribution in [0, 0.1) is 0 Å². The fourth-order valence-corrected chi connectivity index (χ4v) is 2.26. The Morgan fingerprint density at radius 1 is 1.35 bits per heavy atom. The SMILES string of the molecule is C=CC(=O)Nc1ccc(CC(=O)N(C)CC2COCCO2)cc1. The van der Waals surface area contributed by atoms with E-state index in [1.54, 1.807) is 24.1 Å². The van der Waals surface area contributed by atoms with E-state index in [4.69, 9.17) is 9.47 Å². The van der Waals surface area contributed by atoms with Crippen molar-refractivity contribution in [3.63, 3.8) is 0 Å². The van der Waals surface area contributed by atoms with Crippen molar-refractivity contribution in [2.75, 3.05) is 38.7 Å². The van der Waals surface area contributed by atoms with Crippen molar-refractivity contribution in [1.29, 1.82) is 0 Å². The molecule has 1 saturated heterocycles. The lowest BCUT2D eigenvalue weighted by Crippen LogP contribution is -2.41. The third-order valence-electron chi connectivity index (χ3n) is 3.55. The third-order valence-corrected chi connectivity index (χ3v) is 3.55. The van der Waals surface area contributed by atoms with Crippen molar-refractivity contribution < 1.29 is 19.1 Å². The Bertz CT molecular complexity index is 550. The monoisotopic (exact) mass is 318 g/mol. The molecule has 1 aliphatic heterocycles. The molecule has 0 radical (unpaired) electrons. The van der Waals surface area contributed by atoms with E-state index in [1.165, 1.54) is 6.08 Å². The molecule has 6 heteroatoms. The second-order valence-corrected chi connectivity index (χ2v) is 5.41. The molecule has 1 unspecified atom stereocenters. The molecular weight excluding hydrogens is 296 g/mol. The molecule has 0 aromatic heterocycles. The molecule has 1 N–H and O–H groups in total. The molecule has 1 aromatic carbocycles. The van der Waals surface area contributed by atoms with E-state index in [2.05, 4.69) is 11.9 Å². The van der Waals surface area contributed by atoms with E-state index in [1.807, 2.05) is 12.1 Å². The van der Waals surface area contributed by atoms with Gasteiger partial charge in [-0.25, -0.2) is 0 Å². The van der Waals surface area contributed by atoms with Crippen LogP contribution in [0.5, 0.6) is 0 Å². The lowest BCUT2D eigenvalue weighted by Gasteiger charge is -2.27. The predicted octanol–water partition coefficient (Wildman–Crippen LogP) is 1.23. The van der Waals surface area contributed by atoms with Crippen molar-refractivity contribution in [3.8, 4) is 0 Å². The Balaban J connectivity index is 1.83. The molecule has 1 aromatic rings. The Labute approximate surface area is 136 Å². The van der Waals surface area contributed by atoms with Gasteiger partial charge < -0.3 is 19.7 Å². The van der Waals surface area contributed by atoms with Gasteiger partial charge in [0.25, 0.3) is 0 Å². The minimum atomic E-state index is -0.261. The van der Waals surface area contributed by atoms with Gasteiger partial charge in [0.05, 0.1) is 32.3 Å². The fourth-order valence-electron chi connectivity index (χ4n) is 2.26. The van der Waals surface area contributed by atoms with Gasteiger partial charge in [0.1, 0.15) is 0 Å². The second-order valence-electron chi connectivity index (χ2n) is 5.41. The highest BCUT2D eigenvalue weighted by molar-refractivity contribution is 5.98. The van der Waals surface area contributed by atoms with E-state index in [9.17, 15) is 9.59 Å². The van der Waals surface area contributed by atoms with E-state index in [0.717, 1.165) is 5.56 Å². The minimum Gasteiger partial charge on any atom is -0.376 e. The summed E-state index contributed by atoms with van der Waals surface area (Å²) in [6, 6.07) is 7.18. The minimum absolute atomic E-state index is 0.0158. The summed E-state index contributed by atoms with van der Waals surface area (Å²) >= 11 is 0. The molecule has 1 fully saturated rings. The maximum absolute atomic E-state index is 12.2. The summed E-state index contributed by atoms with van der Waals surface area (Å²) in [6.45, 7) is 5.63. The third kappa shape index (κ3) is 5.50. The van der Waals surface area contributed by atoms with Crippen LogP contribution in [0.3, 0.4) is 0 Å². The maximum Gasteiger partial charge on any atom is 0.247 e. The molecule has 1 aliphatic rings. The lowest BCUT2D eigenvalue weighted by molar-refractivity contribution is -0.135. The Hall–Kier alpha value is -2.18. The van der Waals surface area contributed by atoms with Crippen LogP contribution in [-0.4, -0.2) is 56.2 Å². The van der Waals surface area contributed by atoms with Crippen LogP contribution in [0.25, 0.3) is 0 Å². The Morgan fingerprint density at radius 2 is 2.09 bits per heavy atom. The number of likely N-dealkylation sites (N-methyl/N-ethyl adjacent to an activating group) is 1. The van der Waals surface area contributed by atoms with Crippen LogP contribution in [0.1, 0.15) is 5.56 Å². The van der Waals surface area contributed by atoms with Crippen LogP contribution in [0.4, 0.5) is 5.69 Å². The first-order valence-electron chi connectivity index (χ1n) is 7.54. The molecule has 2 amide bonds. The summed E-state index contributed by atoms with van der Waals surface area (Å²) in [5.41, 5.74) is 1.56. The van der Waals surface area contributed by atoms with Gasteiger partial charge in [-0.3, -0.25) is 9.59 Å². The van der Waals surface area contributed by atoms with Gasteiger partial charge in [-0.05, 0) is 23.8 Å². The first-order valence-corrected chi connectivity index (χ1v) is 7.54. The number of carbonyl (C=O) groups excluding carboxylic acids is 2. The summed E-state index contributed by atoms with van der Waals surface area (Å²) in [5, 5.41) is 2.67. The predicted molar refractivity (Wildman–Crippen MR) is 87.2 cm³/mol. The number of hydrogen-bond donors (Lipinski definition) is 1. The highest BCUT2D eigenvalue weighted by Crippen LogP contribution is 2.11. The first kappa shape index (κ1) is 17.2. The van der Waals surface area contributed by atoms with Crippen LogP contribution < -0.4 is 5.32 Å². The van der Waals surface area contributed by atoms with Gasteiger partial charge in [0.15, 0.2) is 0 Å². The fraction of sp³-hybridized carbons (Fsp3) is 0.412. The molecule has 0 spiro atoms. The summed E-state index contributed by atoms with van der Waals surface area (Å²) in [4.78, 5) is 25.1. The quantitative estimate of drug-likeness (QED) is 0.801. The van der Waals surface area contributed by atoms with Crippen LogP contribution in [0.15, 0.2) is 36.9 Å². The Kier molecular flexibility index (Phi) is 6.31. The normalized spacial score (nSPS) is 17.3. The molecule has 0 aliphatic carbocycles. The lowest BCUT2D eigenvalue weighted by atomic mass is 10.1. The number of nitrogens with one attached hydrogen (secondary N) is 1. The number of amides is 2. The average Bonchev–Trinajstić information content (AvgIpc) is 2.57. The average molecular weight is 318 g/mol. The molecule has 124 valence electrons. The molecule has 1 heterocycles. The molecule has 2 rings (SSSR count). The molecule has 23 heavy (non-hydrogen) atoms. The topological polar surface area (TPSA) is 67.9 Å². The zero-order chi connectivity index (χ0) is 16.7. The summed E-state index contributed by atoms with van der Waals surface area (Å²) in [7, 11) is 1.76. The summed E-state index contributed by atoms with van der Waals surface area (Å²) < 4.78 is 10.9. The van der Waals surface area contributed by atoms with Crippen molar-refractivity contribution in [2.24, 2.45) is 0 Å². The standard InChI is InChI=1S/C17H22N2O4/c1-3-16(20)18-14-6-4-13(5-7-14)10-17(21)19(2)11-15-12-22-8-9-23-15/h3-7,15H,1,8-12H2,2H3,(H,18,20). The van der Waals surface area contributed by atoms with E-state index in [0.29, 0.717) is 38.5 Å². The van der Waals surface area contributed by atoms with Gasteiger partial charge in [0.2, 0.25) is 11.8 Å². The number of anilines is 1. The molecular formula is C17H22N2O4. The zero-order valence-corrected chi connectivity index (χ0v) is 13.3. The number of rotatable bonds is 6. The van der Waals surface area contributed by atoms with Gasteiger partial charge in [-0.15, -0.1) is 0 Å². The van der Waals surface area contributed by atoms with Gasteiger partial charge in [0, 0.05) is 19.3 Å². The number of nitrogens with zero attached hydrogens (tertiary/aromatic N) is 1. The summed E-state index contributed by atoms with van der Waals surface area (Å²) in [5.74, 6) is -0.245. The maximum atomic E-state index is 12.2. The smallest absolute Gasteiger partial charge is 0.247 e. The highest BCUT2D eigenvalue weighted by atomic mass is 16.6. The number of hydrogen-bond acceptors (Lipinski definition) is 4. The molecule has 6 nitrogen and oxygen atoms in total. The van der Waals surface area contributed by atoms with E-state index >= 15 is 0 Å². The van der Waals surface area contributed by atoms with E-state index < -0.39 is 0 Å². The number of ether oxygens (including phenoxy) is 2. The van der Waals surface area contributed by atoms with Gasteiger partial charge in [-0.2, -0.15) is 0 Å². The van der Waals surface area contributed by atoms with Crippen molar-refractivity contribution >= 4 is 17.5 Å². The molecule has 0 saturated carbocycles. The van der Waals surface area contributed by atoms with Gasteiger partial charge in [-0.1, -0.05) is 18.7 Å². The number of carbonyl (C=O) groups is 2. The Morgan fingerprint density at radius 3 is 2.70 bits per heavy atom. The van der Waals surface area contributed by atoms with Crippen molar-refractivity contribution in [1.82, 2.24) is 4.90 Å². The second kappa shape index (κ2) is 8.45. The molecule has 0 bridgehead atoms. The van der Waals surface area contributed by atoms with Gasteiger partial charge >= 0.3 is 0 Å². The largest absolute Gasteiger partial charge is 0.376 e. The van der Waals surface area contributed by atoms with Crippen LogP contribution in [-0.2, 0) is 25.5 Å². The van der Waals surface area contributed by atoms with Crippen molar-refractivity contribution in [3.05, 3.63) is 42.5 Å². The van der Waals surface area contributed by atoms with Crippen LogP contribution >= 0.6 is 0 Å². The number of benzene rings is 1. The zero-order valence-electron chi connectivity index (χ0n) is 13.3. The van der Waals surface area contributed by atoms with Crippen molar-refractivity contribution in [2.45, 2.75) is 12.5 Å². The summed E-state index contributed by atoms with van der Waals surface area (Å²) in [6.07, 6.45) is 1.46. The van der Waals surface area contributed by atoms with E-state index in [-0.39, 0.29) is 17.9 Å². The molecule has 1 atom stereocenters.